The molecule has 4 aliphatic heterocycles. The zero-order valence-electron chi connectivity index (χ0n) is 31.0. The van der Waals surface area contributed by atoms with Crippen molar-refractivity contribution < 1.29 is 38.6 Å². The zero-order valence-corrected chi connectivity index (χ0v) is 31.0. The second-order valence-corrected chi connectivity index (χ2v) is 15.3. The van der Waals surface area contributed by atoms with Gasteiger partial charge in [0.05, 0.1) is 6.10 Å². The molecular weight excluding hydrogens is 646 g/mol. The van der Waals surface area contributed by atoms with E-state index in [1.165, 1.54) is 26.9 Å². The smallest absolute Gasteiger partial charge is 0.329 e. The first-order valence-electron chi connectivity index (χ1n) is 18.5. The average Bonchev–Trinajstić information content (AvgIpc) is 3.50. The number of esters is 1. The molecule has 10 atom stereocenters. The van der Waals surface area contributed by atoms with Crippen LogP contribution in [-0.4, -0.2) is 130 Å². The summed E-state index contributed by atoms with van der Waals surface area (Å²) in [5, 5.41) is 16.0. The fourth-order valence-corrected chi connectivity index (χ4v) is 7.43. The number of ether oxygens (including phenoxy) is 1. The van der Waals surface area contributed by atoms with E-state index in [1.54, 1.807) is 6.92 Å². The van der Waals surface area contributed by atoms with Gasteiger partial charge in [-0.05, 0) is 49.9 Å². The predicted octanol–water partition coefficient (Wildman–Crippen LogP) is 0.561. The molecule has 4 rings (SSSR count). The second kappa shape index (κ2) is 16.8. The molecule has 0 aromatic carbocycles. The quantitative estimate of drug-likeness (QED) is 0.285. The second-order valence-electron chi connectivity index (χ2n) is 15.3. The lowest BCUT2D eigenvalue weighted by atomic mass is 9.96. The lowest BCUT2D eigenvalue weighted by Gasteiger charge is -2.45. The maximum atomic E-state index is 14.5. The number of aliphatic hydroxyl groups excluding tert-OH is 1. The van der Waals surface area contributed by atoms with Crippen LogP contribution in [0.2, 0.25) is 0 Å². The minimum atomic E-state index is -1.27. The monoisotopic (exact) mass is 705 g/mol. The van der Waals surface area contributed by atoms with E-state index in [1.807, 2.05) is 41.5 Å². The highest BCUT2D eigenvalue weighted by Gasteiger charge is 2.49. The summed E-state index contributed by atoms with van der Waals surface area (Å²) >= 11 is 0. The summed E-state index contributed by atoms with van der Waals surface area (Å²) in [6.07, 6.45) is 0.230. The van der Waals surface area contributed by atoms with E-state index in [2.05, 4.69) is 16.2 Å². The van der Waals surface area contributed by atoms with Gasteiger partial charge in [0.15, 0.2) is 6.10 Å². The Morgan fingerprint density at radius 3 is 2.14 bits per heavy atom. The Balaban J connectivity index is 1.85. The van der Waals surface area contributed by atoms with Crippen LogP contribution >= 0.6 is 0 Å². The molecule has 4 fully saturated rings. The van der Waals surface area contributed by atoms with Gasteiger partial charge in [0.1, 0.15) is 30.2 Å². The number of β-amino-alcohol motifs (C(OH)–C–C–N with tert-alkyl or cyclic N) is 1. The maximum absolute atomic E-state index is 14.5. The minimum Gasteiger partial charge on any atom is -0.450 e. The van der Waals surface area contributed by atoms with Crippen LogP contribution in [0.3, 0.4) is 0 Å². The van der Waals surface area contributed by atoms with Crippen LogP contribution < -0.4 is 16.2 Å². The van der Waals surface area contributed by atoms with Gasteiger partial charge in [-0.25, -0.2) is 15.6 Å². The van der Waals surface area contributed by atoms with Gasteiger partial charge in [0.25, 0.3) is 11.8 Å². The first-order valence-corrected chi connectivity index (χ1v) is 18.5. The highest BCUT2D eigenvalue weighted by Crippen LogP contribution is 2.29. The van der Waals surface area contributed by atoms with Gasteiger partial charge in [-0.3, -0.25) is 34.0 Å². The molecule has 0 aliphatic carbocycles. The standard InChI is InChI=1S/C35H59N7O8/c1-9-21(6)28-35(49)50-29(22(7)10-2)34(48)41-24(12-11-13-36-41)33(47)42-27(16-23(43)17-37-42)31(45)39(8)26(14-19(3)4)32(46)40-18-20(5)15-25(40)30(44)38-28/h19-29,36-37,43H,9-18H2,1-8H3,(H,38,44). The van der Waals surface area contributed by atoms with Crippen molar-refractivity contribution in [1.29, 1.82) is 0 Å². The molecule has 4 saturated heterocycles. The Hall–Kier alpha value is -3.30. The number of hydrogen-bond donors (Lipinski definition) is 4. The van der Waals surface area contributed by atoms with E-state index in [0.717, 1.165) is 0 Å². The number of hydrazine groups is 2. The number of carbonyl (C=O) groups is 6. The molecule has 15 heteroatoms. The fourth-order valence-electron chi connectivity index (χ4n) is 7.43. The Morgan fingerprint density at radius 1 is 0.840 bits per heavy atom. The normalized spacial score (nSPS) is 33.6. The number of amides is 5. The van der Waals surface area contributed by atoms with Crippen LogP contribution in [0.4, 0.5) is 0 Å². The van der Waals surface area contributed by atoms with Crippen LogP contribution in [0.25, 0.3) is 0 Å². The van der Waals surface area contributed by atoms with Crippen LogP contribution in [-0.2, 0) is 33.5 Å². The molecule has 4 heterocycles. The molecule has 0 aromatic rings. The molecule has 50 heavy (non-hydrogen) atoms. The summed E-state index contributed by atoms with van der Waals surface area (Å²) in [6, 6.07) is -5.17. The molecule has 0 bridgehead atoms. The van der Waals surface area contributed by atoms with Crippen molar-refractivity contribution in [1.82, 2.24) is 36.0 Å². The molecule has 5 amide bonds. The van der Waals surface area contributed by atoms with E-state index >= 15 is 0 Å². The van der Waals surface area contributed by atoms with Gasteiger partial charge in [0.2, 0.25) is 17.7 Å². The topological polar surface area (TPSA) is 181 Å². The highest BCUT2D eigenvalue weighted by molar-refractivity contribution is 5.97. The van der Waals surface area contributed by atoms with E-state index in [0.29, 0.717) is 38.6 Å². The number of hydrogen-bond acceptors (Lipinski definition) is 10. The van der Waals surface area contributed by atoms with Gasteiger partial charge in [0, 0.05) is 39.0 Å². The highest BCUT2D eigenvalue weighted by atomic mass is 16.6. The van der Waals surface area contributed by atoms with Crippen molar-refractivity contribution >= 4 is 35.5 Å². The molecule has 4 aliphatic rings. The fraction of sp³-hybridized carbons (Fsp3) is 0.829. The Labute approximate surface area is 296 Å². The Morgan fingerprint density at radius 2 is 1.50 bits per heavy atom. The molecule has 0 spiro atoms. The number of fused-ring (bicyclic) bond motifs is 3. The van der Waals surface area contributed by atoms with Crippen molar-refractivity contribution in [3.8, 4) is 0 Å². The third-order valence-corrected chi connectivity index (χ3v) is 10.9. The Kier molecular flexibility index (Phi) is 13.3. The van der Waals surface area contributed by atoms with Gasteiger partial charge in [-0.15, -0.1) is 0 Å². The van der Waals surface area contributed by atoms with Crippen molar-refractivity contribution in [3.05, 3.63) is 0 Å². The summed E-state index contributed by atoms with van der Waals surface area (Å²) in [7, 11) is 1.52. The van der Waals surface area contributed by atoms with E-state index in [9.17, 15) is 33.9 Å². The number of nitrogens with one attached hydrogen (secondary N) is 3. The molecule has 15 nitrogen and oxygen atoms in total. The van der Waals surface area contributed by atoms with E-state index in [4.69, 9.17) is 4.74 Å². The summed E-state index contributed by atoms with van der Waals surface area (Å²) < 4.78 is 6.00. The Bertz CT molecular complexity index is 1280. The van der Waals surface area contributed by atoms with Crippen molar-refractivity contribution in [3.63, 3.8) is 0 Å². The summed E-state index contributed by atoms with van der Waals surface area (Å²) in [5.74, 6) is -4.16. The molecule has 4 N–H and O–H groups in total. The van der Waals surface area contributed by atoms with Gasteiger partial charge < -0.3 is 25.0 Å². The lowest BCUT2D eigenvalue weighted by Crippen LogP contribution is -2.69. The lowest BCUT2D eigenvalue weighted by molar-refractivity contribution is -0.175. The van der Waals surface area contributed by atoms with Crippen LogP contribution in [0.1, 0.15) is 93.4 Å². The number of carbonyl (C=O) groups excluding carboxylic acids is 6. The summed E-state index contributed by atoms with van der Waals surface area (Å²) in [5.41, 5.74) is 5.96. The zero-order chi connectivity index (χ0) is 37.0. The first kappa shape index (κ1) is 39.5. The number of aliphatic hydroxyl groups is 1. The molecular formula is C35H59N7O8. The van der Waals surface area contributed by atoms with Crippen molar-refractivity contribution in [2.75, 3.05) is 26.7 Å². The molecule has 10 unspecified atom stereocenters. The van der Waals surface area contributed by atoms with Gasteiger partial charge in [-0.1, -0.05) is 54.9 Å². The SMILES string of the molecule is CCC(C)C1NC(=O)C2CC(C)CN2C(=O)C(CC(C)C)N(C)C(=O)C2CC(O)CNN2C(=O)C2CCCNN2C(=O)C(C(C)CC)OC1=O. The number of nitrogens with zero attached hydrogens (tertiary/aromatic N) is 4. The molecule has 0 radical (unpaired) electrons. The third kappa shape index (κ3) is 8.42. The summed E-state index contributed by atoms with van der Waals surface area (Å²) in [4.78, 5) is 88.5. The molecule has 0 saturated carbocycles. The van der Waals surface area contributed by atoms with Crippen molar-refractivity contribution in [2.24, 2.45) is 23.7 Å². The minimum absolute atomic E-state index is 0.00642. The van der Waals surface area contributed by atoms with Crippen LogP contribution in [0.5, 0.6) is 0 Å². The maximum Gasteiger partial charge on any atom is 0.329 e. The molecule has 282 valence electrons. The first-order chi connectivity index (χ1) is 23.6. The van der Waals surface area contributed by atoms with E-state index in [-0.39, 0.29) is 43.7 Å². The number of rotatable bonds is 6. The predicted molar refractivity (Wildman–Crippen MR) is 183 cm³/mol. The third-order valence-electron chi connectivity index (χ3n) is 10.9. The van der Waals surface area contributed by atoms with E-state index < -0.39 is 83.8 Å². The summed E-state index contributed by atoms with van der Waals surface area (Å²) in [6.45, 7) is 13.9. The van der Waals surface area contributed by atoms with Gasteiger partial charge in [-0.2, -0.15) is 0 Å². The van der Waals surface area contributed by atoms with Crippen LogP contribution in [0.15, 0.2) is 0 Å². The van der Waals surface area contributed by atoms with Gasteiger partial charge >= 0.3 is 5.97 Å². The number of likely N-dealkylation sites (N-methyl/N-ethyl adjacent to an activating group) is 1. The average molecular weight is 706 g/mol. The largest absolute Gasteiger partial charge is 0.450 e. The molecule has 0 aromatic heterocycles. The number of cyclic esters (lactones) is 1. The van der Waals surface area contributed by atoms with Crippen LogP contribution in [0, 0.1) is 23.7 Å². The van der Waals surface area contributed by atoms with Crippen molar-refractivity contribution in [2.45, 2.75) is 136 Å².